The molecule has 1 aliphatic carbocycles. The number of rotatable bonds is 4. The minimum atomic E-state index is 0.454. The Morgan fingerprint density at radius 2 is 1.86 bits per heavy atom. The van der Waals surface area contributed by atoms with Crippen molar-refractivity contribution < 1.29 is 0 Å². The number of nitrogens with zero attached hydrogens (tertiary/aromatic N) is 4. The third kappa shape index (κ3) is 2.83. The van der Waals surface area contributed by atoms with E-state index in [0.717, 1.165) is 39.5 Å². The Bertz CT molecular complexity index is 1150. The molecule has 0 bridgehead atoms. The highest BCUT2D eigenvalue weighted by atomic mass is 35.5. The van der Waals surface area contributed by atoms with Gasteiger partial charge in [-0.15, -0.1) is 11.6 Å². The van der Waals surface area contributed by atoms with Crippen LogP contribution in [0.25, 0.3) is 28.2 Å². The Labute approximate surface area is 168 Å². The van der Waals surface area contributed by atoms with Crippen LogP contribution in [0.15, 0.2) is 54.7 Å². The van der Waals surface area contributed by atoms with Gasteiger partial charge >= 0.3 is 0 Å². The van der Waals surface area contributed by atoms with Gasteiger partial charge in [-0.05, 0) is 54.8 Å². The van der Waals surface area contributed by atoms with Crippen LogP contribution in [0.4, 0.5) is 5.82 Å². The molecule has 4 aromatic rings. The average molecular weight is 390 g/mol. The minimum absolute atomic E-state index is 0.454. The summed E-state index contributed by atoms with van der Waals surface area (Å²) in [4.78, 5) is 14.1. The quantitative estimate of drug-likeness (QED) is 0.494. The maximum atomic E-state index is 6.17. The predicted octanol–water partition coefficient (Wildman–Crippen LogP) is 5.07. The summed E-state index contributed by atoms with van der Waals surface area (Å²) in [6.07, 6.45) is 5.38. The van der Waals surface area contributed by atoms with Crippen LogP contribution in [0.3, 0.4) is 0 Å². The highest BCUT2D eigenvalue weighted by Gasteiger charge is 2.23. The number of halogens is 1. The van der Waals surface area contributed by atoms with E-state index in [-0.39, 0.29) is 0 Å². The molecule has 28 heavy (non-hydrogen) atoms. The molecule has 3 aromatic heterocycles. The number of imidazole rings is 1. The number of hydrogen-bond acceptors (Lipinski definition) is 4. The zero-order chi connectivity index (χ0) is 19.1. The zero-order valence-electron chi connectivity index (χ0n) is 15.3. The van der Waals surface area contributed by atoms with Gasteiger partial charge in [0.1, 0.15) is 11.3 Å². The van der Waals surface area contributed by atoms with Crippen molar-refractivity contribution >= 4 is 28.6 Å². The molecule has 0 atom stereocenters. The van der Waals surface area contributed by atoms with Crippen LogP contribution in [0.2, 0.25) is 0 Å². The molecule has 5 rings (SSSR count). The van der Waals surface area contributed by atoms with Crippen molar-refractivity contribution in [1.82, 2.24) is 19.5 Å². The van der Waals surface area contributed by atoms with Crippen LogP contribution in [-0.2, 0) is 5.88 Å². The summed E-state index contributed by atoms with van der Waals surface area (Å²) in [5.41, 5.74) is 11.9. The number of fused-ring (bicyclic) bond motifs is 1. The Kier molecular flexibility index (Phi) is 4.24. The SMILES string of the molecule is Nc1ncccc1-c1nc2ccc(C3CCC3)nc2n1-c1ccc(CCl)cc1. The van der Waals surface area contributed by atoms with E-state index in [1.165, 1.54) is 19.3 Å². The summed E-state index contributed by atoms with van der Waals surface area (Å²) >= 11 is 5.97. The second kappa shape index (κ2) is 6.91. The molecule has 1 aromatic carbocycles. The Hall–Kier alpha value is -2.92. The molecule has 0 spiro atoms. The summed E-state index contributed by atoms with van der Waals surface area (Å²) in [6, 6.07) is 16.1. The highest BCUT2D eigenvalue weighted by molar-refractivity contribution is 6.17. The minimum Gasteiger partial charge on any atom is -0.383 e. The van der Waals surface area contributed by atoms with Gasteiger partial charge in [0, 0.05) is 29.4 Å². The van der Waals surface area contributed by atoms with Crippen molar-refractivity contribution in [3.8, 4) is 17.1 Å². The monoisotopic (exact) mass is 389 g/mol. The van der Waals surface area contributed by atoms with E-state index in [2.05, 4.69) is 21.7 Å². The van der Waals surface area contributed by atoms with Crippen LogP contribution in [-0.4, -0.2) is 19.5 Å². The smallest absolute Gasteiger partial charge is 0.165 e. The topological polar surface area (TPSA) is 69.6 Å². The summed E-state index contributed by atoms with van der Waals surface area (Å²) < 4.78 is 2.07. The van der Waals surface area contributed by atoms with Gasteiger partial charge in [-0.2, -0.15) is 0 Å². The van der Waals surface area contributed by atoms with Gasteiger partial charge in [0.2, 0.25) is 0 Å². The number of aromatic nitrogens is 4. The summed E-state index contributed by atoms with van der Waals surface area (Å²) in [7, 11) is 0. The maximum absolute atomic E-state index is 6.17. The average Bonchev–Trinajstić information content (AvgIpc) is 3.05. The van der Waals surface area contributed by atoms with E-state index in [9.17, 15) is 0 Å². The molecule has 0 unspecified atom stereocenters. The lowest BCUT2D eigenvalue weighted by Crippen LogP contribution is -2.11. The first kappa shape index (κ1) is 17.2. The van der Waals surface area contributed by atoms with Crippen LogP contribution in [0, 0.1) is 0 Å². The third-order valence-electron chi connectivity index (χ3n) is 5.48. The molecule has 5 nitrogen and oxygen atoms in total. The van der Waals surface area contributed by atoms with Gasteiger partial charge in [-0.3, -0.25) is 4.57 Å². The summed E-state index contributed by atoms with van der Waals surface area (Å²) in [5, 5.41) is 0. The first-order chi connectivity index (χ1) is 13.7. The van der Waals surface area contributed by atoms with E-state index in [1.54, 1.807) is 6.20 Å². The van der Waals surface area contributed by atoms with Crippen LogP contribution >= 0.6 is 11.6 Å². The molecule has 2 N–H and O–H groups in total. The highest BCUT2D eigenvalue weighted by Crippen LogP contribution is 2.37. The van der Waals surface area contributed by atoms with Crippen molar-refractivity contribution in [2.75, 3.05) is 5.73 Å². The fraction of sp³-hybridized carbons (Fsp3) is 0.227. The molecule has 6 heteroatoms. The Morgan fingerprint density at radius 3 is 2.54 bits per heavy atom. The van der Waals surface area contributed by atoms with Crippen LogP contribution in [0.1, 0.15) is 36.4 Å². The lowest BCUT2D eigenvalue weighted by Gasteiger charge is -2.24. The fourth-order valence-electron chi connectivity index (χ4n) is 3.67. The van der Waals surface area contributed by atoms with Crippen molar-refractivity contribution in [2.45, 2.75) is 31.1 Å². The molecule has 0 aliphatic heterocycles. The van der Waals surface area contributed by atoms with E-state index < -0.39 is 0 Å². The number of alkyl halides is 1. The van der Waals surface area contributed by atoms with Gasteiger partial charge in [-0.1, -0.05) is 18.6 Å². The number of nitrogens with two attached hydrogens (primary N) is 1. The molecule has 0 amide bonds. The van der Waals surface area contributed by atoms with E-state index >= 15 is 0 Å². The lowest BCUT2D eigenvalue weighted by molar-refractivity contribution is 0.412. The van der Waals surface area contributed by atoms with Gasteiger partial charge in [0.25, 0.3) is 0 Å². The van der Waals surface area contributed by atoms with Crippen LogP contribution < -0.4 is 5.73 Å². The standard InChI is InChI=1S/C22H20ClN5/c23-13-14-6-8-16(9-7-14)28-21(17-5-2-12-25-20(17)24)27-19-11-10-18(26-22(19)28)15-3-1-4-15/h2,5-12,15H,1,3-4,13H2,(H2,24,25). The third-order valence-corrected chi connectivity index (χ3v) is 5.79. The lowest BCUT2D eigenvalue weighted by atomic mass is 9.83. The number of pyridine rings is 2. The molecule has 0 saturated heterocycles. The molecule has 0 radical (unpaired) electrons. The molecule has 140 valence electrons. The fourth-order valence-corrected chi connectivity index (χ4v) is 3.85. The second-order valence-corrected chi connectivity index (χ2v) is 7.48. The van der Waals surface area contributed by atoms with E-state index in [0.29, 0.717) is 17.6 Å². The van der Waals surface area contributed by atoms with Gasteiger partial charge in [0.05, 0.1) is 5.56 Å². The van der Waals surface area contributed by atoms with Crippen molar-refractivity contribution in [3.05, 3.63) is 66.0 Å². The number of hydrogen-bond donors (Lipinski definition) is 1. The first-order valence-electron chi connectivity index (χ1n) is 9.50. The van der Waals surface area contributed by atoms with Crippen LogP contribution in [0.5, 0.6) is 0 Å². The molecular weight excluding hydrogens is 370 g/mol. The largest absolute Gasteiger partial charge is 0.383 e. The van der Waals surface area contributed by atoms with Gasteiger partial charge in [0.15, 0.2) is 11.5 Å². The van der Waals surface area contributed by atoms with Crippen molar-refractivity contribution in [3.63, 3.8) is 0 Å². The first-order valence-corrected chi connectivity index (χ1v) is 10.0. The summed E-state index contributed by atoms with van der Waals surface area (Å²) in [5.74, 6) is 2.24. The van der Waals surface area contributed by atoms with Gasteiger partial charge in [-0.25, -0.2) is 15.0 Å². The normalized spacial score (nSPS) is 14.3. The number of benzene rings is 1. The Morgan fingerprint density at radius 1 is 1.04 bits per heavy atom. The van der Waals surface area contributed by atoms with Gasteiger partial charge < -0.3 is 5.73 Å². The second-order valence-electron chi connectivity index (χ2n) is 7.21. The zero-order valence-corrected chi connectivity index (χ0v) is 16.1. The van der Waals surface area contributed by atoms with Crippen molar-refractivity contribution in [1.29, 1.82) is 0 Å². The van der Waals surface area contributed by atoms with Crippen molar-refractivity contribution in [2.24, 2.45) is 0 Å². The van der Waals surface area contributed by atoms with E-state index in [1.807, 2.05) is 36.4 Å². The molecule has 3 heterocycles. The number of anilines is 1. The molecular formula is C22H20ClN5. The molecule has 1 fully saturated rings. The Balaban J connectivity index is 1.76. The summed E-state index contributed by atoms with van der Waals surface area (Å²) in [6.45, 7) is 0. The van der Waals surface area contributed by atoms with E-state index in [4.69, 9.17) is 27.3 Å². The molecule has 1 saturated carbocycles. The predicted molar refractivity (Wildman–Crippen MR) is 113 cm³/mol. The molecule has 1 aliphatic rings. The maximum Gasteiger partial charge on any atom is 0.165 e. The number of nitrogen functional groups attached to an aromatic ring is 1.